The van der Waals surface area contributed by atoms with Gasteiger partial charge in [0.25, 0.3) is 10.1 Å². The minimum absolute atomic E-state index is 0.213. The molecule has 0 aromatic heterocycles. The smallest absolute Gasteiger partial charge is 0.296 e. The van der Waals surface area contributed by atoms with Crippen LogP contribution in [0.5, 0.6) is 0 Å². The molecule has 4 aliphatic carbocycles. The van der Waals surface area contributed by atoms with Crippen molar-refractivity contribution < 1.29 is 17.7 Å². The van der Waals surface area contributed by atoms with Gasteiger partial charge < -0.3 is 5.11 Å². The third kappa shape index (κ3) is 4.63. The molecule has 5 heteroatoms. The van der Waals surface area contributed by atoms with Crippen molar-refractivity contribution >= 4 is 10.1 Å². The van der Waals surface area contributed by atoms with E-state index in [2.05, 4.69) is 20.8 Å². The average molecular weight is 503 g/mol. The summed E-state index contributed by atoms with van der Waals surface area (Å²) in [6, 6.07) is 6.94. The lowest BCUT2D eigenvalue weighted by molar-refractivity contribution is -0.108. The van der Waals surface area contributed by atoms with Gasteiger partial charge in [0.05, 0.1) is 17.1 Å². The van der Waals surface area contributed by atoms with Gasteiger partial charge in [-0.3, -0.25) is 4.18 Å². The topological polar surface area (TPSA) is 63.6 Å². The van der Waals surface area contributed by atoms with E-state index in [-0.39, 0.29) is 22.8 Å². The lowest BCUT2D eigenvalue weighted by atomic mass is 9.48. The Kier molecular flexibility index (Phi) is 6.71. The molecule has 1 aromatic carbocycles. The van der Waals surface area contributed by atoms with Crippen LogP contribution in [-0.2, 0) is 14.3 Å². The Morgan fingerprint density at radius 2 is 1.71 bits per heavy atom. The summed E-state index contributed by atoms with van der Waals surface area (Å²) in [5.74, 6) is 5.23. The van der Waals surface area contributed by atoms with Gasteiger partial charge in [0.2, 0.25) is 0 Å². The third-order valence-electron chi connectivity index (χ3n) is 11.1. The van der Waals surface area contributed by atoms with E-state index in [1.807, 2.05) is 26.0 Å². The molecule has 0 aliphatic heterocycles. The highest BCUT2D eigenvalue weighted by molar-refractivity contribution is 7.86. The molecule has 1 N–H and O–H groups in total. The maximum absolute atomic E-state index is 12.8. The molecule has 0 radical (unpaired) electrons. The van der Waals surface area contributed by atoms with E-state index in [1.165, 1.54) is 38.5 Å². The summed E-state index contributed by atoms with van der Waals surface area (Å²) in [4.78, 5) is 0.253. The normalized spacial score (nSPS) is 44.2. The largest absolute Gasteiger partial charge is 0.390 e. The van der Waals surface area contributed by atoms with Crippen molar-refractivity contribution in [3.63, 3.8) is 0 Å². The maximum Gasteiger partial charge on any atom is 0.296 e. The number of aliphatic hydroxyl groups is 1. The van der Waals surface area contributed by atoms with Crippen LogP contribution >= 0.6 is 0 Å². The number of hydrogen-bond donors (Lipinski definition) is 1. The van der Waals surface area contributed by atoms with Crippen molar-refractivity contribution in [2.24, 2.45) is 52.8 Å². The predicted molar refractivity (Wildman–Crippen MR) is 139 cm³/mol. The van der Waals surface area contributed by atoms with Crippen molar-refractivity contribution in [3.8, 4) is 0 Å². The first kappa shape index (κ1) is 25.7. The number of rotatable bonds is 5. The van der Waals surface area contributed by atoms with Gasteiger partial charge in [-0.15, -0.1) is 0 Å². The SMILES string of the molecule is Cc1ccc(S(=O)(=O)OCC(C)[C@H]2C[C@@H](C)[C@H]3[C@@H]4CC[C@@H]5C[C@](C)(O)CC[C@@H]5[C@H]4CC[C@@]32C)cc1. The standard InChI is InChI=1S/C30H46O4S/c1-19-6-9-23(10-7-19)35(32,33)34-18-21(3)27-16-20(2)28-26-11-8-22-17-29(4,31)14-12-24(22)25(26)13-15-30(27,28)5/h6-7,9-10,20-22,24-28,31H,8,11-18H2,1-5H3/t20-,21?,22-,24+,25-,26-,27-,28+,29-,30-/m1/s1. The highest BCUT2D eigenvalue weighted by atomic mass is 32.2. The molecule has 10 atom stereocenters. The molecule has 0 heterocycles. The molecule has 35 heavy (non-hydrogen) atoms. The predicted octanol–water partition coefficient (Wildman–Crippen LogP) is 6.60. The molecule has 5 rings (SSSR count). The van der Waals surface area contributed by atoms with Crippen LogP contribution in [0.4, 0.5) is 0 Å². The third-order valence-corrected chi connectivity index (χ3v) is 12.4. The van der Waals surface area contributed by atoms with E-state index in [0.717, 1.165) is 42.1 Å². The van der Waals surface area contributed by atoms with E-state index in [0.29, 0.717) is 17.8 Å². The molecule has 4 nitrogen and oxygen atoms in total. The first-order chi connectivity index (χ1) is 16.4. The van der Waals surface area contributed by atoms with Gasteiger partial charge in [0.1, 0.15) is 0 Å². The monoisotopic (exact) mass is 502 g/mol. The summed E-state index contributed by atoms with van der Waals surface area (Å²) in [7, 11) is -3.73. The van der Waals surface area contributed by atoms with Crippen LogP contribution in [0.3, 0.4) is 0 Å². The minimum Gasteiger partial charge on any atom is -0.390 e. The first-order valence-corrected chi connectivity index (χ1v) is 15.5. The molecular weight excluding hydrogens is 456 g/mol. The van der Waals surface area contributed by atoms with Crippen molar-refractivity contribution in [2.75, 3.05) is 6.61 Å². The fraction of sp³-hybridized carbons (Fsp3) is 0.800. The van der Waals surface area contributed by atoms with Crippen molar-refractivity contribution in [3.05, 3.63) is 29.8 Å². The molecule has 0 spiro atoms. The molecule has 196 valence electrons. The van der Waals surface area contributed by atoms with Crippen LogP contribution < -0.4 is 0 Å². The Labute approximate surface area is 213 Å². The fourth-order valence-electron chi connectivity index (χ4n) is 9.65. The van der Waals surface area contributed by atoms with E-state index in [9.17, 15) is 13.5 Å². The van der Waals surface area contributed by atoms with Gasteiger partial charge in [0.15, 0.2) is 0 Å². The molecule has 4 aliphatic rings. The van der Waals surface area contributed by atoms with Crippen LogP contribution in [0.25, 0.3) is 0 Å². The van der Waals surface area contributed by atoms with Crippen molar-refractivity contribution in [2.45, 2.75) is 96.5 Å². The minimum atomic E-state index is -3.73. The van der Waals surface area contributed by atoms with E-state index < -0.39 is 15.7 Å². The highest BCUT2D eigenvalue weighted by Crippen LogP contribution is 2.67. The van der Waals surface area contributed by atoms with Crippen LogP contribution in [-0.4, -0.2) is 25.7 Å². The molecule has 0 amide bonds. The summed E-state index contributed by atoms with van der Waals surface area (Å²) < 4.78 is 31.3. The lowest BCUT2D eigenvalue weighted by Crippen LogP contribution is -2.51. The summed E-state index contributed by atoms with van der Waals surface area (Å²) >= 11 is 0. The molecule has 0 saturated heterocycles. The second-order valence-electron chi connectivity index (χ2n) is 13.5. The summed E-state index contributed by atoms with van der Waals surface area (Å²) in [5.41, 5.74) is 0.848. The van der Waals surface area contributed by atoms with Gasteiger partial charge in [-0.1, -0.05) is 38.5 Å². The van der Waals surface area contributed by atoms with E-state index >= 15 is 0 Å². The van der Waals surface area contributed by atoms with Crippen molar-refractivity contribution in [1.82, 2.24) is 0 Å². The maximum atomic E-state index is 12.8. The van der Waals surface area contributed by atoms with Gasteiger partial charge in [0, 0.05) is 0 Å². The van der Waals surface area contributed by atoms with Crippen LogP contribution in [0.2, 0.25) is 0 Å². The second-order valence-corrected chi connectivity index (χ2v) is 15.1. The molecule has 1 unspecified atom stereocenters. The van der Waals surface area contributed by atoms with Gasteiger partial charge >= 0.3 is 0 Å². The van der Waals surface area contributed by atoms with Gasteiger partial charge in [-0.25, -0.2) is 0 Å². The summed E-state index contributed by atoms with van der Waals surface area (Å²) in [6.45, 7) is 11.5. The lowest BCUT2D eigenvalue weighted by Gasteiger charge is -2.58. The van der Waals surface area contributed by atoms with E-state index in [4.69, 9.17) is 4.18 Å². The summed E-state index contributed by atoms with van der Waals surface area (Å²) in [5, 5.41) is 10.7. The number of fused-ring (bicyclic) bond motifs is 5. The van der Waals surface area contributed by atoms with Crippen LogP contribution in [0.1, 0.15) is 84.6 Å². The fourth-order valence-corrected chi connectivity index (χ4v) is 10.6. The van der Waals surface area contributed by atoms with Crippen LogP contribution in [0.15, 0.2) is 29.2 Å². The summed E-state index contributed by atoms with van der Waals surface area (Å²) in [6.07, 6.45) is 9.48. The zero-order valence-electron chi connectivity index (χ0n) is 22.4. The molecule has 4 fully saturated rings. The zero-order chi connectivity index (χ0) is 25.2. The Balaban J connectivity index is 1.28. The number of aryl methyl sites for hydroxylation is 1. The Hall–Kier alpha value is -0.910. The Bertz CT molecular complexity index is 1020. The molecular formula is C30H46O4S. The number of benzene rings is 1. The molecule has 0 bridgehead atoms. The van der Waals surface area contributed by atoms with E-state index in [1.54, 1.807) is 12.1 Å². The van der Waals surface area contributed by atoms with Gasteiger partial charge in [-0.05, 0) is 130 Å². The first-order valence-electron chi connectivity index (χ1n) is 14.1. The molecule has 4 saturated carbocycles. The van der Waals surface area contributed by atoms with Crippen LogP contribution in [0, 0.1) is 59.7 Å². The zero-order valence-corrected chi connectivity index (χ0v) is 23.2. The van der Waals surface area contributed by atoms with Gasteiger partial charge in [-0.2, -0.15) is 8.42 Å². The highest BCUT2D eigenvalue weighted by Gasteiger charge is 2.60. The Morgan fingerprint density at radius 1 is 1.03 bits per heavy atom. The average Bonchev–Trinajstić information content (AvgIpc) is 3.07. The van der Waals surface area contributed by atoms with Crippen molar-refractivity contribution in [1.29, 1.82) is 0 Å². The second kappa shape index (κ2) is 9.13. The quantitative estimate of drug-likeness (QED) is 0.461. The Morgan fingerprint density at radius 3 is 2.43 bits per heavy atom. The molecule has 1 aromatic rings. The number of hydrogen-bond acceptors (Lipinski definition) is 4.